The Kier molecular flexibility index (Phi) is 2.33. The Labute approximate surface area is 131 Å². The van der Waals surface area contributed by atoms with Gasteiger partial charge >= 0.3 is 0 Å². The van der Waals surface area contributed by atoms with Crippen LogP contribution in [-0.2, 0) is 16.6 Å². The maximum atomic E-state index is 12.6. The van der Waals surface area contributed by atoms with E-state index in [1.165, 1.54) is 0 Å². The van der Waals surface area contributed by atoms with Crippen molar-refractivity contribution in [2.45, 2.75) is 48.8 Å². The summed E-state index contributed by atoms with van der Waals surface area (Å²) in [6.45, 7) is 0.701. The first-order chi connectivity index (χ1) is 11.2. The molecule has 7 nitrogen and oxygen atoms in total. The molecule has 1 aromatic carbocycles. The summed E-state index contributed by atoms with van der Waals surface area (Å²) in [4.78, 5) is 35.8. The first kappa shape index (κ1) is 13.3. The molecule has 5 rings (SSSR count). The quantitative estimate of drug-likeness (QED) is 0.841. The molecule has 2 heterocycles. The van der Waals surface area contributed by atoms with E-state index in [9.17, 15) is 14.6 Å². The average molecular weight is 313 g/mol. The van der Waals surface area contributed by atoms with Crippen LogP contribution in [0.4, 0.5) is 5.69 Å². The number of nitrogens with zero attached hydrogens (tertiary/aromatic N) is 2. The Morgan fingerprint density at radius 3 is 2.91 bits per heavy atom. The average Bonchev–Trinajstić information content (AvgIpc) is 2.91. The van der Waals surface area contributed by atoms with Crippen molar-refractivity contribution in [1.29, 1.82) is 0 Å². The summed E-state index contributed by atoms with van der Waals surface area (Å²) in [5.41, 5.74) is 0.441. The van der Waals surface area contributed by atoms with Crippen LogP contribution in [0.2, 0.25) is 0 Å². The van der Waals surface area contributed by atoms with Gasteiger partial charge in [-0.2, -0.15) is 4.91 Å². The van der Waals surface area contributed by atoms with Crippen LogP contribution in [0.5, 0.6) is 5.75 Å². The molecule has 2 fully saturated rings. The fourth-order valence-electron chi connectivity index (χ4n) is 5.49. The van der Waals surface area contributed by atoms with Crippen LogP contribution in [0.3, 0.4) is 0 Å². The lowest BCUT2D eigenvalue weighted by atomic mass is 9.48. The second-order valence-corrected chi connectivity index (χ2v) is 6.95. The number of nitroso groups, excluding NO2 is 2. The number of ketones is 1. The van der Waals surface area contributed by atoms with Crippen molar-refractivity contribution in [1.82, 2.24) is 5.32 Å². The van der Waals surface area contributed by atoms with Crippen molar-refractivity contribution in [3.8, 4) is 5.75 Å². The zero-order chi connectivity index (χ0) is 15.8. The molecule has 1 saturated carbocycles. The monoisotopic (exact) mass is 313 g/mol. The summed E-state index contributed by atoms with van der Waals surface area (Å²) >= 11 is 0. The molecule has 118 valence electrons. The van der Waals surface area contributed by atoms with Gasteiger partial charge in [0.1, 0.15) is 11.2 Å². The van der Waals surface area contributed by atoms with Gasteiger partial charge in [0.05, 0.1) is 5.41 Å². The third-order valence-electron chi connectivity index (χ3n) is 6.34. The number of hydrogen-bond donors (Lipinski definition) is 1. The lowest BCUT2D eigenvalue weighted by molar-refractivity contribution is -0.136. The normalized spacial score (nSPS) is 39.4. The van der Waals surface area contributed by atoms with E-state index in [2.05, 4.69) is 15.7 Å². The van der Waals surface area contributed by atoms with Gasteiger partial charge in [0.15, 0.2) is 17.6 Å². The molecule has 2 bridgehead atoms. The van der Waals surface area contributed by atoms with Crippen LogP contribution >= 0.6 is 0 Å². The molecular formula is C16H15N3O4. The van der Waals surface area contributed by atoms with Crippen molar-refractivity contribution in [2.75, 3.05) is 6.54 Å². The van der Waals surface area contributed by atoms with Gasteiger partial charge in [-0.3, -0.25) is 4.79 Å². The predicted octanol–water partition coefficient (Wildman–Crippen LogP) is 1.87. The Bertz CT molecular complexity index is 779. The zero-order valence-electron chi connectivity index (χ0n) is 12.4. The molecule has 7 heteroatoms. The van der Waals surface area contributed by atoms with Gasteiger partial charge < -0.3 is 10.1 Å². The van der Waals surface area contributed by atoms with Crippen LogP contribution in [0, 0.1) is 9.81 Å². The third-order valence-corrected chi connectivity index (χ3v) is 6.34. The molecule has 1 saturated heterocycles. The highest BCUT2D eigenvalue weighted by molar-refractivity contribution is 5.90. The van der Waals surface area contributed by atoms with Crippen molar-refractivity contribution < 1.29 is 9.53 Å². The number of carbonyl (C=O) groups is 1. The fraction of sp³-hybridized carbons (Fsp3) is 0.562. The molecule has 0 aromatic heterocycles. The summed E-state index contributed by atoms with van der Waals surface area (Å²) < 4.78 is 5.97. The van der Waals surface area contributed by atoms with E-state index in [0.29, 0.717) is 31.6 Å². The molecule has 2 aliphatic heterocycles. The van der Waals surface area contributed by atoms with E-state index in [4.69, 9.17) is 4.74 Å². The van der Waals surface area contributed by atoms with E-state index in [-0.39, 0.29) is 23.9 Å². The highest BCUT2D eigenvalue weighted by Crippen LogP contribution is 2.64. The van der Waals surface area contributed by atoms with Gasteiger partial charge in [-0.25, -0.2) is 0 Å². The van der Waals surface area contributed by atoms with Crippen LogP contribution in [0.1, 0.15) is 30.4 Å². The SMILES string of the molecule is O=Nc1ccc2c3c1O[C@H]1C(=O)CC[C@@]4(N=O)[C@@H](C2)NCC[C@]314. The molecule has 0 amide bonds. The lowest BCUT2D eigenvalue weighted by Crippen LogP contribution is -2.75. The Morgan fingerprint density at radius 2 is 2.13 bits per heavy atom. The minimum Gasteiger partial charge on any atom is -0.479 e. The molecule has 0 radical (unpaired) electrons. The molecule has 23 heavy (non-hydrogen) atoms. The molecule has 2 aliphatic carbocycles. The zero-order valence-corrected chi connectivity index (χ0v) is 12.4. The van der Waals surface area contributed by atoms with Crippen molar-refractivity contribution in [2.24, 2.45) is 10.4 Å². The molecular weight excluding hydrogens is 298 g/mol. The molecule has 4 atom stereocenters. The van der Waals surface area contributed by atoms with Crippen molar-refractivity contribution in [3.05, 3.63) is 33.1 Å². The van der Waals surface area contributed by atoms with Crippen molar-refractivity contribution in [3.63, 3.8) is 0 Å². The van der Waals surface area contributed by atoms with Gasteiger partial charge in [-0.15, -0.1) is 4.91 Å². The highest BCUT2D eigenvalue weighted by atomic mass is 16.5. The number of Topliss-reactive ketones (excluding diaryl/α,β-unsaturated/α-hetero) is 1. The summed E-state index contributed by atoms with van der Waals surface area (Å²) in [7, 11) is 0. The molecule has 4 aliphatic rings. The second-order valence-electron chi connectivity index (χ2n) is 6.95. The van der Waals surface area contributed by atoms with Gasteiger partial charge in [-0.1, -0.05) is 11.2 Å². The molecule has 1 spiro atoms. The number of carbonyl (C=O) groups excluding carboxylic acids is 1. The number of piperidine rings is 1. The Hall–Kier alpha value is -2.15. The summed E-state index contributed by atoms with van der Waals surface area (Å²) in [5, 5.41) is 10.1. The summed E-state index contributed by atoms with van der Waals surface area (Å²) in [5.74, 6) is 0.386. The van der Waals surface area contributed by atoms with Crippen LogP contribution in [0.25, 0.3) is 0 Å². The number of rotatable bonds is 2. The third kappa shape index (κ3) is 1.23. The summed E-state index contributed by atoms with van der Waals surface area (Å²) in [6, 6.07) is 3.41. The number of nitrogens with one attached hydrogen (secondary N) is 1. The number of ether oxygens (including phenoxy) is 1. The maximum Gasteiger partial charge on any atom is 0.174 e. The van der Waals surface area contributed by atoms with Crippen LogP contribution < -0.4 is 10.1 Å². The van der Waals surface area contributed by atoms with Gasteiger partial charge in [0, 0.05) is 18.0 Å². The molecule has 1 aromatic rings. The standard InChI is InChI=1S/C16H15N3O4/c20-10-3-4-16(19-22)11-7-8-1-2-9(18-21)13-12(8)15(16,5-6-17-11)14(10)23-13/h1-2,11,14,17H,3-7H2/t11-,14+,15+,16-/m1/s1. The molecule has 0 unspecified atom stereocenters. The summed E-state index contributed by atoms with van der Waals surface area (Å²) in [6.07, 6.45) is 1.25. The maximum absolute atomic E-state index is 12.6. The molecule has 1 N–H and O–H groups in total. The fourth-order valence-corrected chi connectivity index (χ4v) is 5.49. The van der Waals surface area contributed by atoms with Crippen molar-refractivity contribution >= 4 is 11.5 Å². The second kappa shape index (κ2) is 4.03. The van der Waals surface area contributed by atoms with E-state index in [1.807, 2.05) is 6.07 Å². The highest BCUT2D eigenvalue weighted by Gasteiger charge is 2.73. The minimum absolute atomic E-state index is 0.00850. The minimum atomic E-state index is -0.885. The number of hydrogen-bond acceptors (Lipinski definition) is 7. The largest absolute Gasteiger partial charge is 0.479 e. The van der Waals surface area contributed by atoms with E-state index in [0.717, 1.165) is 11.1 Å². The van der Waals surface area contributed by atoms with Crippen LogP contribution in [-0.4, -0.2) is 30.0 Å². The first-order valence-electron chi connectivity index (χ1n) is 7.95. The van der Waals surface area contributed by atoms with Gasteiger partial charge in [0.25, 0.3) is 0 Å². The lowest BCUT2D eigenvalue weighted by Gasteiger charge is -2.58. The first-order valence-corrected chi connectivity index (χ1v) is 7.95. The predicted molar refractivity (Wildman–Crippen MR) is 80.9 cm³/mol. The van der Waals surface area contributed by atoms with E-state index >= 15 is 0 Å². The Balaban J connectivity index is 1.90. The topological polar surface area (TPSA) is 97.2 Å². The smallest absolute Gasteiger partial charge is 0.174 e. The van der Waals surface area contributed by atoms with E-state index < -0.39 is 17.1 Å². The number of benzene rings is 1. The Morgan fingerprint density at radius 1 is 1.26 bits per heavy atom. The van der Waals surface area contributed by atoms with Crippen LogP contribution in [0.15, 0.2) is 22.5 Å². The van der Waals surface area contributed by atoms with Gasteiger partial charge in [0.2, 0.25) is 0 Å². The van der Waals surface area contributed by atoms with E-state index in [1.54, 1.807) is 6.07 Å². The van der Waals surface area contributed by atoms with Gasteiger partial charge in [-0.05, 0) is 42.6 Å².